The molecule has 9 heteroatoms. The lowest BCUT2D eigenvalue weighted by Crippen LogP contribution is -2.43. The van der Waals surface area contributed by atoms with Crippen LogP contribution in [0.25, 0.3) is 0 Å². The summed E-state index contributed by atoms with van der Waals surface area (Å²) in [6.45, 7) is 6.40. The van der Waals surface area contributed by atoms with Crippen molar-refractivity contribution >= 4 is 50.1 Å². The van der Waals surface area contributed by atoms with Crippen molar-refractivity contribution in [3.8, 4) is 0 Å². The molecule has 1 fully saturated rings. The largest absolute Gasteiger partial charge is 0.444 e. The number of likely N-dealkylation sites (tertiary alicyclic amines) is 1. The molecule has 0 aromatic heterocycles. The fraction of sp³-hybridized carbons (Fsp3) is 0.556. The van der Waals surface area contributed by atoms with Gasteiger partial charge in [0.1, 0.15) is 5.60 Å². The van der Waals surface area contributed by atoms with Crippen LogP contribution in [0.2, 0.25) is 0 Å². The van der Waals surface area contributed by atoms with Crippen molar-refractivity contribution in [1.82, 2.24) is 4.90 Å². The van der Waals surface area contributed by atoms with Gasteiger partial charge in [-0.3, -0.25) is 4.79 Å². The number of carbonyl (C=O) groups excluding carboxylic acids is 2. The number of amides is 2. The van der Waals surface area contributed by atoms with Gasteiger partial charge in [-0.1, -0.05) is 0 Å². The molecule has 0 atom stereocenters. The van der Waals surface area contributed by atoms with Crippen molar-refractivity contribution in [3.05, 3.63) is 21.8 Å². The number of hydrogen-bond acceptors (Lipinski definition) is 5. The molecule has 0 spiro atoms. The number of rotatable bonds is 3. The van der Waals surface area contributed by atoms with Crippen molar-refractivity contribution in [1.29, 1.82) is 0 Å². The van der Waals surface area contributed by atoms with E-state index in [1.165, 1.54) is 12.1 Å². The second-order valence-corrected chi connectivity index (χ2v) is 10.8. The molecule has 0 radical (unpaired) electrons. The number of ether oxygens (including phenoxy) is 1. The zero-order chi connectivity index (χ0) is 20.4. The highest BCUT2D eigenvalue weighted by molar-refractivity contribution is 14.1. The van der Waals surface area contributed by atoms with Gasteiger partial charge in [0.05, 0.1) is 10.6 Å². The predicted octanol–water partition coefficient (Wildman–Crippen LogP) is 3.28. The number of nitrogens with zero attached hydrogens (tertiary/aromatic N) is 1. The van der Waals surface area contributed by atoms with E-state index in [1.807, 2.05) is 43.4 Å². The maximum Gasteiger partial charge on any atom is 0.410 e. The van der Waals surface area contributed by atoms with E-state index in [0.717, 1.165) is 6.26 Å². The van der Waals surface area contributed by atoms with Crippen molar-refractivity contribution in [3.63, 3.8) is 0 Å². The minimum atomic E-state index is -3.29. The van der Waals surface area contributed by atoms with Gasteiger partial charge < -0.3 is 15.0 Å². The van der Waals surface area contributed by atoms with E-state index < -0.39 is 15.4 Å². The summed E-state index contributed by atoms with van der Waals surface area (Å²) in [6, 6.07) is 4.63. The first-order valence-corrected chi connectivity index (χ1v) is 11.6. The molecular weight excluding hydrogens is 483 g/mol. The molecule has 2 amide bonds. The van der Waals surface area contributed by atoms with E-state index in [9.17, 15) is 18.0 Å². The molecule has 0 aliphatic carbocycles. The molecule has 2 rings (SSSR count). The van der Waals surface area contributed by atoms with Crippen LogP contribution in [0.3, 0.4) is 0 Å². The smallest absolute Gasteiger partial charge is 0.410 e. The first kappa shape index (κ1) is 21.9. The van der Waals surface area contributed by atoms with Gasteiger partial charge in [0.15, 0.2) is 9.84 Å². The normalized spacial score (nSPS) is 16.1. The lowest BCUT2D eigenvalue weighted by Gasteiger charge is -2.33. The summed E-state index contributed by atoms with van der Waals surface area (Å²) >= 11 is 2.01. The van der Waals surface area contributed by atoms with Gasteiger partial charge in [-0.05, 0) is 74.4 Å². The molecule has 27 heavy (non-hydrogen) atoms. The number of hydrogen-bond donors (Lipinski definition) is 1. The second kappa shape index (κ2) is 8.34. The van der Waals surface area contributed by atoms with Crippen molar-refractivity contribution in [2.45, 2.75) is 44.1 Å². The number of halogens is 1. The van der Waals surface area contributed by atoms with Gasteiger partial charge >= 0.3 is 6.09 Å². The lowest BCUT2D eigenvalue weighted by molar-refractivity contribution is -0.121. The number of anilines is 1. The van der Waals surface area contributed by atoms with E-state index in [2.05, 4.69) is 5.32 Å². The third-order valence-corrected chi connectivity index (χ3v) is 6.15. The third-order valence-electron chi connectivity index (χ3n) is 4.14. The molecule has 0 unspecified atom stereocenters. The fourth-order valence-electron chi connectivity index (χ4n) is 2.71. The minimum Gasteiger partial charge on any atom is -0.444 e. The summed E-state index contributed by atoms with van der Waals surface area (Å²) in [5.74, 6) is -0.321. The second-order valence-electron chi connectivity index (χ2n) is 7.64. The molecule has 0 saturated carbocycles. The van der Waals surface area contributed by atoms with Crippen molar-refractivity contribution in [2.75, 3.05) is 24.7 Å². The molecular formula is C18H25IN2O5S. The Morgan fingerprint density at radius 1 is 1.22 bits per heavy atom. The van der Waals surface area contributed by atoms with E-state index in [-0.39, 0.29) is 22.8 Å². The van der Waals surface area contributed by atoms with Crippen LogP contribution in [-0.4, -0.2) is 50.3 Å². The number of nitrogens with one attached hydrogen (secondary N) is 1. The van der Waals surface area contributed by atoms with Crippen LogP contribution >= 0.6 is 22.6 Å². The zero-order valence-corrected chi connectivity index (χ0v) is 18.9. The summed E-state index contributed by atoms with van der Waals surface area (Å²) in [4.78, 5) is 26.5. The zero-order valence-electron chi connectivity index (χ0n) is 15.9. The Kier molecular flexibility index (Phi) is 6.77. The molecule has 0 bridgehead atoms. The molecule has 1 heterocycles. The molecule has 7 nitrogen and oxygen atoms in total. The third kappa shape index (κ3) is 6.34. The quantitative estimate of drug-likeness (QED) is 0.633. The Bertz CT molecular complexity index is 825. The van der Waals surface area contributed by atoms with Gasteiger partial charge in [-0.15, -0.1) is 0 Å². The van der Waals surface area contributed by atoms with Gasteiger partial charge in [-0.2, -0.15) is 0 Å². The highest BCUT2D eigenvalue weighted by atomic mass is 127. The van der Waals surface area contributed by atoms with Crippen LogP contribution in [0.15, 0.2) is 23.1 Å². The number of sulfone groups is 1. The first-order valence-electron chi connectivity index (χ1n) is 8.65. The maximum absolute atomic E-state index is 12.5. The summed E-state index contributed by atoms with van der Waals surface area (Å²) in [5.41, 5.74) is 0.0442. The van der Waals surface area contributed by atoms with Gasteiger partial charge in [-0.25, -0.2) is 13.2 Å². The van der Waals surface area contributed by atoms with Crippen molar-refractivity contribution in [2.24, 2.45) is 5.92 Å². The number of benzene rings is 1. The Morgan fingerprint density at radius 2 is 1.81 bits per heavy atom. The van der Waals surface area contributed by atoms with Crippen LogP contribution in [0.4, 0.5) is 10.5 Å². The monoisotopic (exact) mass is 508 g/mol. The molecule has 1 aromatic carbocycles. The average molecular weight is 508 g/mol. The summed E-state index contributed by atoms with van der Waals surface area (Å²) in [7, 11) is -3.29. The van der Waals surface area contributed by atoms with Crippen molar-refractivity contribution < 1.29 is 22.7 Å². The fourth-order valence-corrected chi connectivity index (χ4v) is 4.22. The average Bonchev–Trinajstić information content (AvgIpc) is 2.54. The Hall–Kier alpha value is -1.36. The first-order chi connectivity index (χ1) is 12.4. The summed E-state index contributed by atoms with van der Waals surface area (Å²) in [6.07, 6.45) is 1.91. The van der Waals surface area contributed by atoms with Gasteiger partial charge in [0, 0.05) is 28.8 Å². The minimum absolute atomic E-state index is 0.121. The van der Waals surface area contributed by atoms with E-state index in [0.29, 0.717) is 35.2 Å². The topological polar surface area (TPSA) is 92.8 Å². The molecule has 1 aromatic rings. The molecule has 1 N–H and O–H groups in total. The molecule has 1 aliphatic heterocycles. The molecule has 150 valence electrons. The van der Waals surface area contributed by atoms with E-state index in [4.69, 9.17) is 4.74 Å². The van der Waals surface area contributed by atoms with Gasteiger partial charge in [0.2, 0.25) is 5.91 Å². The Morgan fingerprint density at radius 3 is 2.30 bits per heavy atom. The Balaban J connectivity index is 1.94. The maximum atomic E-state index is 12.5. The lowest BCUT2D eigenvalue weighted by atomic mass is 9.96. The van der Waals surface area contributed by atoms with Crippen LogP contribution in [-0.2, 0) is 19.4 Å². The van der Waals surface area contributed by atoms with Crippen LogP contribution in [0.1, 0.15) is 33.6 Å². The molecule has 1 aliphatic rings. The SMILES string of the molecule is CC(C)(C)OC(=O)N1CCC(C(=O)Nc2ccc(S(C)(=O)=O)cc2I)CC1. The van der Waals surface area contributed by atoms with Crippen LogP contribution < -0.4 is 5.32 Å². The van der Waals surface area contributed by atoms with Gasteiger partial charge in [0.25, 0.3) is 0 Å². The highest BCUT2D eigenvalue weighted by Crippen LogP contribution is 2.25. The predicted molar refractivity (Wildman–Crippen MR) is 111 cm³/mol. The van der Waals surface area contributed by atoms with E-state index >= 15 is 0 Å². The molecule has 1 saturated heterocycles. The number of carbonyl (C=O) groups is 2. The number of piperidine rings is 1. The van der Waals surface area contributed by atoms with Crippen LogP contribution in [0.5, 0.6) is 0 Å². The highest BCUT2D eigenvalue weighted by Gasteiger charge is 2.30. The Labute approximate surface area is 173 Å². The van der Waals surface area contributed by atoms with E-state index in [1.54, 1.807) is 11.0 Å². The van der Waals surface area contributed by atoms with Crippen LogP contribution in [0, 0.1) is 9.49 Å². The summed E-state index contributed by atoms with van der Waals surface area (Å²) < 4.78 is 29.2. The standard InChI is InChI=1S/C18H25IN2O5S/c1-18(2,3)26-17(23)21-9-7-12(8-10-21)16(22)20-15-6-5-13(11-14(15)19)27(4,24)25/h5-6,11-12H,7-10H2,1-4H3,(H,20,22). The summed E-state index contributed by atoms with van der Waals surface area (Å²) in [5, 5.41) is 2.86.